The SMILES string of the molecule is CSc1n[nH]c2ncnc(N3CCC[C@H]3c3nn4ccc(Cl)c4c(=O)n3-c3ccccc3)c12.S. The number of halogens is 1. The van der Waals surface area contributed by atoms with Crippen LogP contribution < -0.4 is 10.5 Å². The van der Waals surface area contributed by atoms with Gasteiger partial charge in [-0.25, -0.2) is 14.5 Å². The van der Waals surface area contributed by atoms with Crippen LogP contribution in [0.4, 0.5) is 5.82 Å². The van der Waals surface area contributed by atoms with Crippen molar-refractivity contribution in [1.82, 2.24) is 34.3 Å². The Balaban J connectivity index is 0.00000241. The smallest absolute Gasteiger partial charge is 0.284 e. The van der Waals surface area contributed by atoms with Crippen molar-refractivity contribution in [2.24, 2.45) is 0 Å². The van der Waals surface area contributed by atoms with Crippen LogP contribution in [0.1, 0.15) is 24.7 Å². The number of thioether (sulfide) groups is 1. The molecule has 0 amide bonds. The third-order valence-corrected chi connectivity index (χ3v) is 6.98. The molecule has 0 aliphatic carbocycles. The lowest BCUT2D eigenvalue weighted by Gasteiger charge is -2.27. The molecular formula is C22H21ClN8OS2. The minimum absolute atomic E-state index is 0. The first kappa shape index (κ1) is 22.8. The summed E-state index contributed by atoms with van der Waals surface area (Å²) in [4.78, 5) is 24.8. The van der Waals surface area contributed by atoms with E-state index in [-0.39, 0.29) is 25.1 Å². The zero-order valence-electron chi connectivity index (χ0n) is 18.1. The minimum Gasteiger partial charge on any atom is -0.346 e. The van der Waals surface area contributed by atoms with E-state index in [2.05, 4.69) is 25.1 Å². The van der Waals surface area contributed by atoms with Crippen molar-refractivity contribution in [3.05, 3.63) is 70.1 Å². The fourth-order valence-corrected chi connectivity index (χ4v) is 5.31. The van der Waals surface area contributed by atoms with Gasteiger partial charge in [-0.15, -0.1) is 11.8 Å². The Kier molecular flexibility index (Phi) is 6.00. The van der Waals surface area contributed by atoms with E-state index in [9.17, 15) is 4.79 Å². The zero-order valence-corrected chi connectivity index (χ0v) is 20.7. The molecule has 12 heteroatoms. The fraction of sp³-hybridized carbons (Fsp3) is 0.227. The lowest BCUT2D eigenvalue weighted by Crippen LogP contribution is -2.33. The quantitative estimate of drug-likeness (QED) is 0.364. The number of nitrogens with one attached hydrogen (secondary N) is 1. The van der Waals surface area contributed by atoms with E-state index in [1.807, 2.05) is 36.6 Å². The second-order valence-corrected chi connectivity index (χ2v) is 9.00. The fourth-order valence-electron chi connectivity index (χ4n) is 4.56. The highest BCUT2D eigenvalue weighted by molar-refractivity contribution is 7.98. The maximum absolute atomic E-state index is 13.7. The van der Waals surface area contributed by atoms with Gasteiger partial charge in [0.2, 0.25) is 0 Å². The van der Waals surface area contributed by atoms with Crippen molar-refractivity contribution in [3.63, 3.8) is 0 Å². The van der Waals surface area contributed by atoms with Gasteiger partial charge in [0.25, 0.3) is 5.56 Å². The highest BCUT2D eigenvalue weighted by atomic mass is 35.5. The number of aromatic nitrogens is 7. The molecule has 5 aromatic rings. The normalized spacial score (nSPS) is 15.8. The van der Waals surface area contributed by atoms with Gasteiger partial charge in [0.1, 0.15) is 22.7 Å². The molecule has 1 fully saturated rings. The molecule has 4 aromatic heterocycles. The van der Waals surface area contributed by atoms with Crippen LogP contribution in [-0.2, 0) is 0 Å². The summed E-state index contributed by atoms with van der Waals surface area (Å²) in [6.07, 6.45) is 7.02. The van der Waals surface area contributed by atoms with E-state index in [4.69, 9.17) is 16.7 Å². The van der Waals surface area contributed by atoms with Gasteiger partial charge in [-0.1, -0.05) is 29.8 Å². The van der Waals surface area contributed by atoms with Crippen molar-refractivity contribution in [2.75, 3.05) is 17.7 Å². The monoisotopic (exact) mass is 512 g/mol. The van der Waals surface area contributed by atoms with Crippen LogP contribution in [0.25, 0.3) is 22.2 Å². The Hall–Kier alpha value is -3.02. The Morgan fingerprint density at radius 3 is 2.79 bits per heavy atom. The van der Waals surface area contributed by atoms with Crippen LogP contribution in [0.2, 0.25) is 5.02 Å². The number of hydrogen-bond donors (Lipinski definition) is 1. The molecule has 1 aliphatic heterocycles. The molecule has 0 saturated carbocycles. The van der Waals surface area contributed by atoms with Crippen molar-refractivity contribution >= 4 is 59.2 Å². The van der Waals surface area contributed by atoms with Gasteiger partial charge in [0, 0.05) is 12.7 Å². The van der Waals surface area contributed by atoms with Crippen molar-refractivity contribution in [2.45, 2.75) is 23.9 Å². The lowest BCUT2D eigenvalue weighted by atomic mass is 10.2. The molecular weight excluding hydrogens is 492 g/mol. The molecule has 174 valence electrons. The summed E-state index contributed by atoms with van der Waals surface area (Å²) in [5, 5.41) is 14.4. The zero-order chi connectivity index (χ0) is 22.5. The van der Waals surface area contributed by atoms with E-state index in [1.54, 1.807) is 39.4 Å². The minimum atomic E-state index is -0.200. The number of rotatable bonds is 4. The molecule has 1 aliphatic rings. The summed E-state index contributed by atoms with van der Waals surface area (Å²) in [7, 11) is 0. The Labute approximate surface area is 210 Å². The van der Waals surface area contributed by atoms with Gasteiger partial charge in [-0.05, 0) is 37.3 Å². The molecule has 6 rings (SSSR count). The van der Waals surface area contributed by atoms with Gasteiger partial charge < -0.3 is 4.90 Å². The number of nitrogens with zero attached hydrogens (tertiary/aromatic N) is 7. The highest BCUT2D eigenvalue weighted by Crippen LogP contribution is 2.39. The molecule has 1 atom stereocenters. The topological polar surface area (TPSA) is 97.0 Å². The maximum atomic E-state index is 13.7. The number of benzene rings is 1. The van der Waals surface area contributed by atoms with E-state index in [0.29, 0.717) is 22.0 Å². The first-order valence-corrected chi connectivity index (χ1v) is 12.1. The summed E-state index contributed by atoms with van der Waals surface area (Å²) in [6.45, 7) is 0.783. The van der Waals surface area contributed by atoms with Gasteiger partial charge in [-0.3, -0.25) is 14.5 Å². The Morgan fingerprint density at radius 2 is 2.00 bits per heavy atom. The second kappa shape index (κ2) is 8.97. The predicted molar refractivity (Wildman–Crippen MR) is 139 cm³/mol. The number of para-hydroxylation sites is 1. The van der Waals surface area contributed by atoms with Crippen LogP contribution >= 0.6 is 36.9 Å². The van der Waals surface area contributed by atoms with E-state index < -0.39 is 0 Å². The van der Waals surface area contributed by atoms with Crippen LogP contribution in [-0.4, -0.2) is 47.1 Å². The van der Waals surface area contributed by atoms with Crippen molar-refractivity contribution in [1.29, 1.82) is 0 Å². The van der Waals surface area contributed by atoms with Crippen LogP contribution in [0.15, 0.2) is 58.7 Å². The van der Waals surface area contributed by atoms with E-state index in [0.717, 1.165) is 41.3 Å². The molecule has 1 aromatic carbocycles. The first-order chi connectivity index (χ1) is 16.2. The third-order valence-electron chi connectivity index (χ3n) is 6.00. The number of aromatic amines is 1. The summed E-state index contributed by atoms with van der Waals surface area (Å²) >= 11 is 7.89. The Morgan fingerprint density at radius 1 is 1.18 bits per heavy atom. The van der Waals surface area contributed by atoms with Gasteiger partial charge in [-0.2, -0.15) is 23.7 Å². The molecule has 0 spiro atoms. The second-order valence-electron chi connectivity index (χ2n) is 7.80. The summed E-state index contributed by atoms with van der Waals surface area (Å²) in [5.41, 5.74) is 1.60. The summed E-state index contributed by atoms with van der Waals surface area (Å²) < 4.78 is 3.25. The molecule has 9 nitrogen and oxygen atoms in total. The molecule has 0 radical (unpaired) electrons. The molecule has 34 heavy (non-hydrogen) atoms. The Bertz CT molecular complexity index is 1550. The average molecular weight is 513 g/mol. The van der Waals surface area contributed by atoms with Gasteiger partial charge >= 0.3 is 0 Å². The number of hydrogen-bond acceptors (Lipinski definition) is 7. The molecule has 5 heterocycles. The molecule has 0 bridgehead atoms. The summed E-state index contributed by atoms with van der Waals surface area (Å²) in [5.74, 6) is 1.43. The standard InChI is InChI=1S/C22H19ClN8OS.H2S/c1-33-21-16-18(26-27-21)24-12-25-20(16)29-10-5-8-15(29)19-28-30-11-9-14(23)17(30)22(32)31(19)13-6-3-2-4-7-13;/h2-4,6-7,9,11-12,15H,5,8,10H2,1H3,(H,24,25,26,27);1H2/t15-;/m0./s1. The lowest BCUT2D eigenvalue weighted by molar-refractivity contribution is 0.602. The number of H-pyrrole nitrogens is 1. The average Bonchev–Trinajstić information content (AvgIpc) is 3.57. The maximum Gasteiger partial charge on any atom is 0.284 e. The van der Waals surface area contributed by atoms with Crippen LogP contribution in [0.5, 0.6) is 0 Å². The van der Waals surface area contributed by atoms with Crippen LogP contribution in [0, 0.1) is 0 Å². The summed E-state index contributed by atoms with van der Waals surface area (Å²) in [6, 6.07) is 11.1. The highest BCUT2D eigenvalue weighted by Gasteiger charge is 2.34. The number of anilines is 1. The van der Waals surface area contributed by atoms with Crippen molar-refractivity contribution in [3.8, 4) is 5.69 Å². The largest absolute Gasteiger partial charge is 0.346 e. The first-order valence-electron chi connectivity index (χ1n) is 10.5. The van der Waals surface area contributed by atoms with Crippen molar-refractivity contribution < 1.29 is 0 Å². The van der Waals surface area contributed by atoms with E-state index >= 15 is 0 Å². The van der Waals surface area contributed by atoms with Crippen LogP contribution in [0.3, 0.4) is 0 Å². The molecule has 1 saturated heterocycles. The third kappa shape index (κ3) is 3.46. The van der Waals surface area contributed by atoms with Gasteiger partial charge in [0.15, 0.2) is 11.5 Å². The number of fused-ring (bicyclic) bond motifs is 2. The van der Waals surface area contributed by atoms with E-state index in [1.165, 1.54) is 0 Å². The molecule has 1 N–H and O–H groups in total. The molecule has 0 unspecified atom stereocenters. The van der Waals surface area contributed by atoms with Gasteiger partial charge in [0.05, 0.1) is 22.1 Å². The predicted octanol–water partition coefficient (Wildman–Crippen LogP) is 3.98.